The van der Waals surface area contributed by atoms with E-state index in [1.165, 1.54) is 4.90 Å². The van der Waals surface area contributed by atoms with Crippen LogP contribution in [0.1, 0.15) is 40.5 Å². The van der Waals surface area contributed by atoms with Crippen LogP contribution in [0.3, 0.4) is 0 Å². The monoisotopic (exact) mass is 326 g/mol. The van der Waals surface area contributed by atoms with Crippen molar-refractivity contribution < 1.29 is 9.59 Å². The van der Waals surface area contributed by atoms with Crippen molar-refractivity contribution in [2.24, 2.45) is 0 Å². The standard InChI is InChI=1S/C18H22N4O2/c1-14(13-21-11-6-10-20-21)19-9-4-5-12-22-17(23)15-7-2-3-8-16(15)18(22)24/h2-3,6-8,10-11,14,19H,4-5,9,12-13H2,1H3. The van der Waals surface area contributed by atoms with Crippen molar-refractivity contribution in [2.75, 3.05) is 13.1 Å². The highest BCUT2D eigenvalue weighted by molar-refractivity contribution is 6.21. The van der Waals surface area contributed by atoms with E-state index in [4.69, 9.17) is 0 Å². The molecule has 0 aliphatic carbocycles. The maximum absolute atomic E-state index is 12.2. The number of fused-ring (bicyclic) bond motifs is 1. The number of imide groups is 1. The Bertz CT molecular complexity index is 677. The van der Waals surface area contributed by atoms with Crippen LogP contribution in [-0.4, -0.2) is 45.6 Å². The summed E-state index contributed by atoms with van der Waals surface area (Å²) in [5, 5.41) is 7.62. The molecular weight excluding hydrogens is 304 g/mol. The topological polar surface area (TPSA) is 67.2 Å². The minimum Gasteiger partial charge on any atom is -0.312 e. The lowest BCUT2D eigenvalue weighted by atomic mass is 10.1. The second kappa shape index (κ2) is 7.40. The lowest BCUT2D eigenvalue weighted by molar-refractivity contribution is 0.0651. The zero-order valence-electron chi connectivity index (χ0n) is 13.8. The molecule has 126 valence electrons. The van der Waals surface area contributed by atoms with Gasteiger partial charge < -0.3 is 5.32 Å². The quantitative estimate of drug-likeness (QED) is 0.595. The molecule has 0 saturated heterocycles. The van der Waals surface area contributed by atoms with Crippen molar-refractivity contribution in [1.82, 2.24) is 20.0 Å². The fourth-order valence-electron chi connectivity index (χ4n) is 2.94. The van der Waals surface area contributed by atoms with E-state index in [0.717, 1.165) is 25.9 Å². The Morgan fingerprint density at radius 2 is 1.79 bits per heavy atom. The first-order chi connectivity index (χ1) is 11.7. The van der Waals surface area contributed by atoms with E-state index in [1.54, 1.807) is 30.5 Å². The predicted octanol–water partition coefficient (Wildman–Crippen LogP) is 1.94. The highest BCUT2D eigenvalue weighted by Gasteiger charge is 2.34. The third kappa shape index (κ3) is 3.54. The Kier molecular flexibility index (Phi) is 5.05. The fourth-order valence-corrected chi connectivity index (χ4v) is 2.94. The van der Waals surface area contributed by atoms with Gasteiger partial charge in [-0.3, -0.25) is 19.2 Å². The van der Waals surface area contributed by atoms with Gasteiger partial charge in [-0.05, 0) is 44.5 Å². The summed E-state index contributed by atoms with van der Waals surface area (Å²) in [6, 6.07) is 9.25. The molecule has 3 rings (SSSR count). The Morgan fingerprint density at radius 1 is 1.08 bits per heavy atom. The van der Waals surface area contributed by atoms with Crippen LogP contribution in [0.4, 0.5) is 0 Å². The van der Waals surface area contributed by atoms with E-state index in [1.807, 2.05) is 16.9 Å². The van der Waals surface area contributed by atoms with Gasteiger partial charge in [0.15, 0.2) is 0 Å². The number of nitrogens with one attached hydrogen (secondary N) is 1. The van der Waals surface area contributed by atoms with Crippen LogP contribution in [0.2, 0.25) is 0 Å². The molecule has 1 atom stereocenters. The summed E-state index contributed by atoms with van der Waals surface area (Å²) in [7, 11) is 0. The molecule has 1 unspecified atom stereocenters. The molecule has 0 fully saturated rings. The molecule has 6 heteroatoms. The number of hydrogen-bond donors (Lipinski definition) is 1. The first-order valence-corrected chi connectivity index (χ1v) is 8.33. The van der Waals surface area contributed by atoms with E-state index in [9.17, 15) is 9.59 Å². The van der Waals surface area contributed by atoms with Crippen LogP contribution in [0.25, 0.3) is 0 Å². The Hall–Kier alpha value is -2.47. The van der Waals surface area contributed by atoms with Crippen LogP contribution in [-0.2, 0) is 6.54 Å². The van der Waals surface area contributed by atoms with Gasteiger partial charge in [-0.15, -0.1) is 0 Å². The summed E-state index contributed by atoms with van der Waals surface area (Å²) in [4.78, 5) is 25.8. The number of carbonyl (C=O) groups is 2. The molecule has 24 heavy (non-hydrogen) atoms. The zero-order chi connectivity index (χ0) is 16.9. The third-order valence-corrected chi connectivity index (χ3v) is 4.20. The smallest absolute Gasteiger partial charge is 0.261 e. The van der Waals surface area contributed by atoms with Crippen LogP contribution in [0.5, 0.6) is 0 Å². The van der Waals surface area contributed by atoms with Crippen LogP contribution in [0.15, 0.2) is 42.7 Å². The highest BCUT2D eigenvalue weighted by Crippen LogP contribution is 2.22. The summed E-state index contributed by atoms with van der Waals surface area (Å²) in [5.41, 5.74) is 1.04. The molecule has 1 aromatic heterocycles. The molecule has 1 aliphatic heterocycles. The molecule has 0 saturated carbocycles. The lowest BCUT2D eigenvalue weighted by Crippen LogP contribution is -2.33. The van der Waals surface area contributed by atoms with Gasteiger partial charge in [0.1, 0.15) is 0 Å². The van der Waals surface area contributed by atoms with Gasteiger partial charge in [-0.2, -0.15) is 5.10 Å². The zero-order valence-corrected chi connectivity index (χ0v) is 13.8. The summed E-state index contributed by atoms with van der Waals surface area (Å²) < 4.78 is 1.90. The molecule has 0 radical (unpaired) electrons. The van der Waals surface area contributed by atoms with E-state index >= 15 is 0 Å². The Balaban J connectivity index is 1.38. The summed E-state index contributed by atoms with van der Waals surface area (Å²) >= 11 is 0. The lowest BCUT2D eigenvalue weighted by Gasteiger charge is -2.16. The number of amides is 2. The molecule has 1 aromatic carbocycles. The predicted molar refractivity (Wildman–Crippen MR) is 90.7 cm³/mol. The molecule has 0 bridgehead atoms. The molecule has 6 nitrogen and oxygen atoms in total. The third-order valence-electron chi connectivity index (χ3n) is 4.20. The molecule has 2 heterocycles. The summed E-state index contributed by atoms with van der Waals surface area (Å²) in [6.45, 7) is 4.27. The van der Waals surface area contributed by atoms with E-state index in [0.29, 0.717) is 23.7 Å². The van der Waals surface area contributed by atoms with Gasteiger partial charge in [0.05, 0.1) is 17.7 Å². The van der Waals surface area contributed by atoms with E-state index < -0.39 is 0 Å². The maximum atomic E-state index is 12.2. The fraction of sp³-hybridized carbons (Fsp3) is 0.389. The van der Waals surface area contributed by atoms with Crippen LogP contribution < -0.4 is 5.32 Å². The van der Waals surface area contributed by atoms with E-state index in [-0.39, 0.29) is 11.8 Å². The van der Waals surface area contributed by atoms with Crippen molar-refractivity contribution in [3.05, 3.63) is 53.9 Å². The minimum atomic E-state index is -0.171. The molecular formula is C18H22N4O2. The molecule has 0 spiro atoms. The molecule has 2 aromatic rings. The highest BCUT2D eigenvalue weighted by atomic mass is 16.2. The van der Waals surface area contributed by atoms with E-state index in [2.05, 4.69) is 17.3 Å². The van der Waals surface area contributed by atoms with Gasteiger partial charge in [0, 0.05) is 25.0 Å². The van der Waals surface area contributed by atoms with Crippen molar-refractivity contribution in [1.29, 1.82) is 0 Å². The number of unbranched alkanes of at least 4 members (excludes halogenated alkanes) is 1. The first-order valence-electron chi connectivity index (χ1n) is 8.33. The van der Waals surface area contributed by atoms with Gasteiger partial charge in [-0.25, -0.2) is 0 Å². The summed E-state index contributed by atoms with van der Waals surface area (Å²) in [6.07, 6.45) is 5.43. The number of carbonyl (C=O) groups excluding carboxylic acids is 2. The van der Waals surface area contributed by atoms with Gasteiger partial charge in [-0.1, -0.05) is 12.1 Å². The Morgan fingerprint density at radius 3 is 2.42 bits per heavy atom. The van der Waals surface area contributed by atoms with Crippen molar-refractivity contribution in [3.63, 3.8) is 0 Å². The number of nitrogens with zero attached hydrogens (tertiary/aromatic N) is 3. The van der Waals surface area contributed by atoms with Crippen molar-refractivity contribution in [2.45, 2.75) is 32.4 Å². The normalized spacial score (nSPS) is 15.0. The largest absolute Gasteiger partial charge is 0.312 e. The second-order valence-electron chi connectivity index (χ2n) is 6.10. The van der Waals surface area contributed by atoms with Gasteiger partial charge in [0.25, 0.3) is 11.8 Å². The minimum absolute atomic E-state index is 0.171. The molecule has 1 aliphatic rings. The maximum Gasteiger partial charge on any atom is 0.261 e. The van der Waals surface area contributed by atoms with Gasteiger partial charge >= 0.3 is 0 Å². The molecule has 2 amide bonds. The average Bonchev–Trinajstić information content (AvgIpc) is 3.17. The average molecular weight is 326 g/mol. The number of hydrogen-bond acceptors (Lipinski definition) is 4. The molecule has 1 N–H and O–H groups in total. The van der Waals surface area contributed by atoms with Crippen molar-refractivity contribution >= 4 is 11.8 Å². The number of rotatable bonds is 8. The number of aromatic nitrogens is 2. The van der Waals surface area contributed by atoms with Crippen LogP contribution >= 0.6 is 0 Å². The van der Waals surface area contributed by atoms with Gasteiger partial charge in [0.2, 0.25) is 0 Å². The first kappa shape index (κ1) is 16.4. The summed E-state index contributed by atoms with van der Waals surface area (Å²) in [5.74, 6) is -0.341. The Labute approximate surface area is 141 Å². The van der Waals surface area contributed by atoms with Crippen molar-refractivity contribution in [3.8, 4) is 0 Å². The number of benzene rings is 1. The second-order valence-corrected chi connectivity index (χ2v) is 6.10. The van der Waals surface area contributed by atoms with Crippen LogP contribution in [0, 0.1) is 0 Å². The SMILES string of the molecule is CC(Cn1cccn1)NCCCCN1C(=O)c2ccccc2C1=O.